The molecule has 0 bridgehead atoms. The molecule has 4 rings (SSSR count). The van der Waals surface area contributed by atoms with Gasteiger partial charge in [0.15, 0.2) is 0 Å². The van der Waals surface area contributed by atoms with Crippen LogP contribution in [0.5, 0.6) is 11.5 Å². The van der Waals surface area contributed by atoms with E-state index in [9.17, 15) is 13.2 Å². The number of benzene rings is 2. The van der Waals surface area contributed by atoms with Crippen LogP contribution in [-0.2, 0) is 6.18 Å². The van der Waals surface area contributed by atoms with E-state index in [0.717, 1.165) is 31.2 Å². The smallest absolute Gasteiger partial charge is 0.421 e. The van der Waals surface area contributed by atoms with E-state index in [2.05, 4.69) is 20.6 Å². The Hall–Kier alpha value is -3.49. The Morgan fingerprint density at radius 1 is 1.03 bits per heavy atom. The Balaban J connectivity index is 1.55. The molecule has 186 valence electrons. The van der Waals surface area contributed by atoms with Crippen LogP contribution >= 0.6 is 0 Å². The largest absolute Gasteiger partial charge is 0.490 e. The number of para-hydroxylation sites is 2. The van der Waals surface area contributed by atoms with Crippen molar-refractivity contribution >= 4 is 23.1 Å². The van der Waals surface area contributed by atoms with Crippen LogP contribution in [-0.4, -0.2) is 22.2 Å². The summed E-state index contributed by atoms with van der Waals surface area (Å²) in [5, 5.41) is 5.77. The predicted octanol–water partition coefficient (Wildman–Crippen LogP) is 7.48. The fourth-order valence-electron chi connectivity index (χ4n) is 3.79. The number of rotatable bonds is 9. The topological polar surface area (TPSA) is 68.3 Å². The Morgan fingerprint density at radius 2 is 1.74 bits per heavy atom. The molecule has 2 aromatic carbocycles. The van der Waals surface area contributed by atoms with E-state index < -0.39 is 11.7 Å². The van der Waals surface area contributed by atoms with Gasteiger partial charge in [-0.05, 0) is 75.4 Å². The highest BCUT2D eigenvalue weighted by Crippen LogP contribution is 2.37. The van der Waals surface area contributed by atoms with E-state index in [1.54, 1.807) is 36.4 Å². The lowest BCUT2D eigenvalue weighted by Gasteiger charge is -2.19. The van der Waals surface area contributed by atoms with E-state index in [1.807, 2.05) is 26.0 Å². The highest BCUT2D eigenvalue weighted by atomic mass is 19.4. The Kier molecular flexibility index (Phi) is 7.63. The van der Waals surface area contributed by atoms with Gasteiger partial charge in [-0.15, -0.1) is 0 Å². The monoisotopic (exact) mass is 486 g/mol. The van der Waals surface area contributed by atoms with Crippen LogP contribution in [0.15, 0.2) is 54.7 Å². The molecule has 1 aliphatic rings. The quantitative estimate of drug-likeness (QED) is 0.327. The second-order valence-electron chi connectivity index (χ2n) is 8.59. The van der Waals surface area contributed by atoms with E-state index in [1.165, 1.54) is 12.8 Å². The number of ether oxygens (including phenoxy) is 2. The number of hydrogen-bond acceptors (Lipinski definition) is 6. The normalized spacial score (nSPS) is 15.0. The van der Waals surface area contributed by atoms with Crippen molar-refractivity contribution in [2.45, 2.75) is 64.3 Å². The molecule has 6 nitrogen and oxygen atoms in total. The van der Waals surface area contributed by atoms with Crippen LogP contribution in [0.2, 0.25) is 0 Å². The molecule has 2 N–H and O–H groups in total. The van der Waals surface area contributed by atoms with Crippen LogP contribution in [0.3, 0.4) is 0 Å². The first-order valence-electron chi connectivity index (χ1n) is 11.8. The molecule has 1 aliphatic carbocycles. The number of nitrogens with zero attached hydrogens (tertiary/aromatic N) is 2. The summed E-state index contributed by atoms with van der Waals surface area (Å²) in [4.78, 5) is 8.02. The molecule has 3 aromatic rings. The average Bonchev–Trinajstić information content (AvgIpc) is 3.34. The fourth-order valence-corrected chi connectivity index (χ4v) is 3.79. The maximum atomic E-state index is 13.7. The molecule has 0 amide bonds. The van der Waals surface area contributed by atoms with Crippen molar-refractivity contribution in [3.05, 3.63) is 60.3 Å². The zero-order valence-electron chi connectivity index (χ0n) is 19.7. The molecule has 9 heteroatoms. The third kappa shape index (κ3) is 6.55. The zero-order valence-corrected chi connectivity index (χ0v) is 19.7. The maximum Gasteiger partial charge on any atom is 0.421 e. The van der Waals surface area contributed by atoms with Crippen molar-refractivity contribution in [2.24, 2.45) is 0 Å². The molecule has 1 unspecified atom stereocenters. The molecule has 0 spiro atoms. The Morgan fingerprint density at radius 3 is 2.43 bits per heavy atom. The van der Waals surface area contributed by atoms with Crippen LogP contribution in [0.25, 0.3) is 0 Å². The maximum absolute atomic E-state index is 13.7. The molecule has 1 saturated carbocycles. The molecular weight excluding hydrogens is 457 g/mol. The lowest BCUT2D eigenvalue weighted by atomic mass is 10.2. The number of hydrogen-bond donors (Lipinski definition) is 2. The molecule has 1 atom stereocenters. The highest BCUT2D eigenvalue weighted by Gasteiger charge is 2.35. The summed E-state index contributed by atoms with van der Waals surface area (Å²) in [5.41, 5.74) is 0.0491. The summed E-state index contributed by atoms with van der Waals surface area (Å²) in [6, 6.07) is 14.1. The lowest BCUT2D eigenvalue weighted by Crippen LogP contribution is -2.14. The van der Waals surface area contributed by atoms with E-state index in [0.29, 0.717) is 17.1 Å². The Bertz CT molecular complexity index is 1120. The number of aromatic nitrogens is 2. The van der Waals surface area contributed by atoms with E-state index >= 15 is 0 Å². The molecule has 0 aliphatic heterocycles. The second-order valence-corrected chi connectivity index (χ2v) is 8.59. The molecule has 1 fully saturated rings. The summed E-state index contributed by atoms with van der Waals surface area (Å²) < 4.78 is 52.9. The Labute approximate surface area is 202 Å². The SMILES string of the molecule is CCC(C)Oc1ccccc1Nc1nc(Nc2ccc(OC3CCCC3)cc2)ncc1C(F)(F)F. The summed E-state index contributed by atoms with van der Waals surface area (Å²) in [6.45, 7) is 3.87. The summed E-state index contributed by atoms with van der Waals surface area (Å²) >= 11 is 0. The fraction of sp³-hybridized carbons (Fsp3) is 0.385. The van der Waals surface area contributed by atoms with Crippen LogP contribution < -0.4 is 20.1 Å². The lowest BCUT2D eigenvalue weighted by molar-refractivity contribution is -0.137. The number of anilines is 4. The summed E-state index contributed by atoms with van der Waals surface area (Å²) in [5.74, 6) is 0.874. The first-order chi connectivity index (χ1) is 16.8. The molecule has 35 heavy (non-hydrogen) atoms. The predicted molar refractivity (Wildman–Crippen MR) is 130 cm³/mol. The van der Waals surface area contributed by atoms with Crippen molar-refractivity contribution in [1.82, 2.24) is 9.97 Å². The van der Waals surface area contributed by atoms with Crippen molar-refractivity contribution in [3.8, 4) is 11.5 Å². The van der Waals surface area contributed by atoms with Gasteiger partial charge in [0.1, 0.15) is 22.9 Å². The molecular formula is C26H29F3N4O2. The first kappa shape index (κ1) is 24.6. The summed E-state index contributed by atoms with van der Waals surface area (Å²) in [6.07, 6.45) is 1.52. The molecule has 1 heterocycles. The standard InChI is InChI=1S/C26H29F3N4O2/c1-3-17(2)34-23-11-7-6-10-22(23)32-24-21(26(27,28)29)16-30-25(33-24)31-18-12-14-20(15-13-18)35-19-8-4-5-9-19/h6-7,10-17,19H,3-5,8-9H2,1-2H3,(H2,30,31,32,33). The first-order valence-corrected chi connectivity index (χ1v) is 11.8. The molecule has 0 radical (unpaired) electrons. The minimum atomic E-state index is -4.63. The van der Waals surface area contributed by atoms with Crippen molar-refractivity contribution < 1.29 is 22.6 Å². The summed E-state index contributed by atoms with van der Waals surface area (Å²) in [7, 11) is 0. The van der Waals surface area contributed by atoms with Crippen molar-refractivity contribution in [1.29, 1.82) is 0 Å². The van der Waals surface area contributed by atoms with Crippen LogP contribution in [0.4, 0.5) is 36.3 Å². The van der Waals surface area contributed by atoms with Gasteiger partial charge >= 0.3 is 6.18 Å². The van der Waals surface area contributed by atoms with Crippen molar-refractivity contribution in [2.75, 3.05) is 10.6 Å². The van der Waals surface area contributed by atoms with Gasteiger partial charge in [0.05, 0.1) is 17.9 Å². The van der Waals surface area contributed by atoms with Gasteiger partial charge in [0.25, 0.3) is 0 Å². The third-order valence-corrected chi connectivity index (χ3v) is 5.85. The van der Waals surface area contributed by atoms with Crippen molar-refractivity contribution in [3.63, 3.8) is 0 Å². The van der Waals surface area contributed by atoms with Gasteiger partial charge in [-0.3, -0.25) is 0 Å². The number of alkyl halides is 3. The zero-order chi connectivity index (χ0) is 24.8. The minimum Gasteiger partial charge on any atom is -0.490 e. The number of nitrogens with one attached hydrogen (secondary N) is 2. The van der Waals surface area contributed by atoms with Gasteiger partial charge in [-0.1, -0.05) is 19.1 Å². The van der Waals surface area contributed by atoms with Gasteiger partial charge < -0.3 is 20.1 Å². The van der Waals surface area contributed by atoms with Crippen LogP contribution in [0, 0.1) is 0 Å². The van der Waals surface area contributed by atoms with E-state index in [4.69, 9.17) is 9.47 Å². The highest BCUT2D eigenvalue weighted by molar-refractivity contribution is 5.67. The van der Waals surface area contributed by atoms with Gasteiger partial charge in [0, 0.05) is 11.9 Å². The van der Waals surface area contributed by atoms with Crippen LogP contribution in [0.1, 0.15) is 51.5 Å². The molecule has 1 aromatic heterocycles. The van der Waals surface area contributed by atoms with Gasteiger partial charge in [-0.25, -0.2) is 4.98 Å². The average molecular weight is 487 g/mol. The molecule has 0 saturated heterocycles. The number of halogens is 3. The third-order valence-electron chi connectivity index (χ3n) is 5.85. The minimum absolute atomic E-state index is 0.0327. The van der Waals surface area contributed by atoms with E-state index in [-0.39, 0.29) is 24.0 Å². The van der Waals surface area contributed by atoms with Gasteiger partial charge in [-0.2, -0.15) is 18.2 Å². The second kappa shape index (κ2) is 10.8. The van der Waals surface area contributed by atoms with Gasteiger partial charge in [0.2, 0.25) is 5.95 Å².